The van der Waals surface area contributed by atoms with Crippen molar-refractivity contribution in [2.75, 3.05) is 6.61 Å². The number of carbonyl (C=O) groups excluding carboxylic acids is 4. The first-order chi connectivity index (χ1) is 17.0. The third-order valence-corrected chi connectivity index (χ3v) is 6.43. The van der Waals surface area contributed by atoms with E-state index in [4.69, 9.17) is 14.2 Å². The number of nitrogens with one attached hydrogen (secondary N) is 2. The average molecular weight is 486 g/mol. The molecule has 10 heteroatoms. The second-order valence-corrected chi connectivity index (χ2v) is 8.83. The van der Waals surface area contributed by atoms with Gasteiger partial charge in [0.25, 0.3) is 0 Å². The number of nitrogens with zero attached hydrogens (tertiary/aromatic N) is 1. The molecule has 3 aliphatic heterocycles. The number of amides is 3. The number of esters is 1. The molecule has 188 valence electrons. The molecule has 0 spiro atoms. The smallest absolute Gasteiger partial charge is 0.408 e. The van der Waals surface area contributed by atoms with Crippen molar-refractivity contribution in [2.24, 2.45) is 0 Å². The van der Waals surface area contributed by atoms with Gasteiger partial charge in [0, 0.05) is 12.6 Å². The molecule has 10 nitrogen and oxygen atoms in total. The van der Waals surface area contributed by atoms with Crippen LogP contribution in [-0.2, 0) is 35.2 Å². The van der Waals surface area contributed by atoms with E-state index in [2.05, 4.69) is 10.6 Å². The summed E-state index contributed by atoms with van der Waals surface area (Å²) in [5, 5.41) is 5.50. The molecule has 4 rings (SSSR count). The largest absolute Gasteiger partial charge is 0.445 e. The van der Waals surface area contributed by atoms with E-state index in [-0.39, 0.29) is 30.9 Å². The van der Waals surface area contributed by atoms with Gasteiger partial charge >= 0.3 is 12.1 Å². The third kappa shape index (κ3) is 6.00. The standard InChI is InChI=1S/C25H31N3O7/c1-2-33-24-19(14-21(29)35-24)26-22(30)20-13-12-17-10-6-7-11-18(23(31)28(17)20)27-25(32)34-15-16-8-4-3-5-9-16/h3-9,17-20,24H,2,10-15H2,1H3,(H,26,30)(H,27,32). The van der Waals surface area contributed by atoms with Crippen LogP contribution in [-0.4, -0.2) is 65.8 Å². The Morgan fingerprint density at radius 2 is 1.86 bits per heavy atom. The SMILES string of the molecule is CCOC1OC(=O)CC1NC(=O)C1CCC2CC=CCC(NC(=O)OCc3ccccc3)C(=O)N21. The van der Waals surface area contributed by atoms with E-state index in [0.717, 1.165) is 5.56 Å². The zero-order valence-corrected chi connectivity index (χ0v) is 19.7. The fourth-order valence-electron chi connectivity index (χ4n) is 4.75. The zero-order chi connectivity index (χ0) is 24.8. The normalized spacial score (nSPS) is 28.0. The molecule has 35 heavy (non-hydrogen) atoms. The van der Waals surface area contributed by atoms with Crippen LogP contribution in [0.3, 0.4) is 0 Å². The number of hydrogen-bond acceptors (Lipinski definition) is 7. The lowest BCUT2D eigenvalue weighted by Gasteiger charge is -2.34. The maximum Gasteiger partial charge on any atom is 0.408 e. The van der Waals surface area contributed by atoms with Gasteiger partial charge in [-0.25, -0.2) is 4.79 Å². The molecule has 2 saturated heterocycles. The van der Waals surface area contributed by atoms with Crippen molar-refractivity contribution in [1.29, 1.82) is 0 Å². The second-order valence-electron chi connectivity index (χ2n) is 8.83. The summed E-state index contributed by atoms with van der Waals surface area (Å²) in [5.74, 6) is -1.12. The summed E-state index contributed by atoms with van der Waals surface area (Å²) in [4.78, 5) is 52.4. The molecule has 0 saturated carbocycles. The second kappa shape index (κ2) is 11.4. The van der Waals surface area contributed by atoms with Gasteiger partial charge in [0.2, 0.25) is 18.1 Å². The molecule has 3 amide bonds. The topological polar surface area (TPSA) is 123 Å². The van der Waals surface area contributed by atoms with Gasteiger partial charge in [-0.3, -0.25) is 14.4 Å². The summed E-state index contributed by atoms with van der Waals surface area (Å²) in [6, 6.07) is 6.94. The van der Waals surface area contributed by atoms with E-state index in [1.165, 1.54) is 0 Å². The van der Waals surface area contributed by atoms with Crippen molar-refractivity contribution in [3.63, 3.8) is 0 Å². The summed E-state index contributed by atoms with van der Waals surface area (Å²) >= 11 is 0. The highest BCUT2D eigenvalue weighted by atomic mass is 16.7. The van der Waals surface area contributed by atoms with Crippen LogP contribution >= 0.6 is 0 Å². The first-order valence-corrected chi connectivity index (χ1v) is 12.0. The highest BCUT2D eigenvalue weighted by Crippen LogP contribution is 2.30. The first kappa shape index (κ1) is 24.7. The van der Waals surface area contributed by atoms with Gasteiger partial charge in [-0.2, -0.15) is 0 Å². The van der Waals surface area contributed by atoms with Crippen LogP contribution in [0.25, 0.3) is 0 Å². The molecule has 5 unspecified atom stereocenters. The highest BCUT2D eigenvalue weighted by Gasteiger charge is 2.45. The minimum atomic E-state index is -0.849. The summed E-state index contributed by atoms with van der Waals surface area (Å²) in [6.07, 6.45) is 4.41. The van der Waals surface area contributed by atoms with Crippen molar-refractivity contribution < 1.29 is 33.4 Å². The number of alkyl carbamates (subject to hydrolysis) is 1. The predicted molar refractivity (Wildman–Crippen MR) is 124 cm³/mol. The fraction of sp³-hybridized carbons (Fsp3) is 0.520. The number of fused-ring (bicyclic) bond motifs is 1. The summed E-state index contributed by atoms with van der Waals surface area (Å²) in [7, 11) is 0. The Morgan fingerprint density at radius 3 is 2.63 bits per heavy atom. The Kier molecular flexibility index (Phi) is 8.02. The van der Waals surface area contributed by atoms with E-state index in [1.54, 1.807) is 11.8 Å². The minimum Gasteiger partial charge on any atom is -0.445 e. The predicted octanol–water partition coefficient (Wildman–Crippen LogP) is 1.79. The fourth-order valence-corrected chi connectivity index (χ4v) is 4.75. The Balaban J connectivity index is 1.40. The molecule has 5 atom stereocenters. The summed E-state index contributed by atoms with van der Waals surface area (Å²) < 4.78 is 15.8. The average Bonchev–Trinajstić information content (AvgIpc) is 3.41. The number of benzene rings is 1. The third-order valence-electron chi connectivity index (χ3n) is 6.43. The Morgan fingerprint density at radius 1 is 1.09 bits per heavy atom. The number of cyclic esters (lactones) is 1. The van der Waals surface area contributed by atoms with Crippen LogP contribution < -0.4 is 10.6 Å². The van der Waals surface area contributed by atoms with E-state index in [0.29, 0.717) is 32.3 Å². The van der Waals surface area contributed by atoms with Gasteiger partial charge in [-0.1, -0.05) is 42.5 Å². The van der Waals surface area contributed by atoms with Crippen molar-refractivity contribution in [2.45, 2.75) is 76.1 Å². The maximum absolute atomic E-state index is 13.5. The van der Waals surface area contributed by atoms with Gasteiger partial charge in [0.15, 0.2) is 0 Å². The van der Waals surface area contributed by atoms with E-state index in [1.807, 2.05) is 42.5 Å². The van der Waals surface area contributed by atoms with Crippen LogP contribution in [0.2, 0.25) is 0 Å². The Hall–Kier alpha value is -3.40. The van der Waals surface area contributed by atoms with Gasteiger partial charge in [0.1, 0.15) is 24.7 Å². The number of carbonyl (C=O) groups is 4. The molecule has 0 aliphatic carbocycles. The molecule has 3 aliphatic rings. The van der Waals surface area contributed by atoms with Gasteiger partial charge in [-0.05, 0) is 38.2 Å². The molecule has 1 aromatic rings. The lowest BCUT2D eigenvalue weighted by atomic mass is 10.0. The molecular formula is C25H31N3O7. The van der Waals surface area contributed by atoms with E-state index >= 15 is 0 Å². The summed E-state index contributed by atoms with van der Waals surface area (Å²) in [5.41, 5.74) is 0.836. The lowest BCUT2D eigenvalue weighted by Crippen LogP contribution is -2.57. The number of hydrogen-bond donors (Lipinski definition) is 2. The molecule has 0 bridgehead atoms. The van der Waals surface area contributed by atoms with E-state index < -0.39 is 36.5 Å². The molecule has 0 aromatic heterocycles. The van der Waals surface area contributed by atoms with Crippen LogP contribution in [0, 0.1) is 0 Å². The number of ether oxygens (including phenoxy) is 3. The van der Waals surface area contributed by atoms with Crippen LogP contribution in [0.5, 0.6) is 0 Å². The molecule has 2 fully saturated rings. The molecule has 3 heterocycles. The van der Waals surface area contributed by atoms with Crippen molar-refractivity contribution in [3.05, 3.63) is 48.0 Å². The van der Waals surface area contributed by atoms with Gasteiger partial charge in [0.05, 0.1) is 6.42 Å². The lowest BCUT2D eigenvalue weighted by molar-refractivity contribution is -0.164. The first-order valence-electron chi connectivity index (χ1n) is 12.0. The van der Waals surface area contributed by atoms with Gasteiger partial charge < -0.3 is 29.7 Å². The van der Waals surface area contributed by atoms with Crippen LogP contribution in [0.15, 0.2) is 42.5 Å². The van der Waals surface area contributed by atoms with Crippen LogP contribution in [0.1, 0.15) is 44.6 Å². The molecule has 2 N–H and O–H groups in total. The zero-order valence-electron chi connectivity index (χ0n) is 19.7. The molecular weight excluding hydrogens is 454 g/mol. The Bertz CT molecular complexity index is 967. The Labute approximate surface area is 204 Å². The van der Waals surface area contributed by atoms with Crippen molar-refractivity contribution >= 4 is 23.9 Å². The van der Waals surface area contributed by atoms with Crippen molar-refractivity contribution in [1.82, 2.24) is 15.5 Å². The maximum atomic E-state index is 13.5. The summed E-state index contributed by atoms with van der Waals surface area (Å²) in [6.45, 7) is 2.20. The highest BCUT2D eigenvalue weighted by molar-refractivity contribution is 5.92. The molecule has 0 radical (unpaired) electrons. The van der Waals surface area contributed by atoms with Crippen LogP contribution in [0.4, 0.5) is 4.79 Å². The van der Waals surface area contributed by atoms with Gasteiger partial charge in [-0.15, -0.1) is 0 Å². The number of rotatable bonds is 7. The quantitative estimate of drug-likeness (QED) is 0.446. The van der Waals surface area contributed by atoms with E-state index in [9.17, 15) is 19.2 Å². The monoisotopic (exact) mass is 485 g/mol. The van der Waals surface area contributed by atoms with Crippen molar-refractivity contribution in [3.8, 4) is 0 Å². The molecule has 1 aromatic carbocycles. The minimum absolute atomic E-state index is 0.0146.